The summed E-state index contributed by atoms with van der Waals surface area (Å²) in [6.07, 6.45) is 3.90. The number of halogens is 1. The van der Waals surface area contributed by atoms with E-state index in [0.717, 1.165) is 17.1 Å². The number of hydrazine groups is 1. The maximum Gasteiger partial charge on any atom is 0.282 e. The van der Waals surface area contributed by atoms with Crippen molar-refractivity contribution >= 4 is 40.7 Å². The van der Waals surface area contributed by atoms with Crippen LogP contribution in [-0.2, 0) is 16.1 Å². The average Bonchev–Trinajstić information content (AvgIpc) is 3.08. The summed E-state index contributed by atoms with van der Waals surface area (Å²) in [6.45, 7) is 1.22. The number of rotatable bonds is 6. The van der Waals surface area contributed by atoms with Gasteiger partial charge < -0.3 is 0 Å². The number of benzene rings is 2. The van der Waals surface area contributed by atoms with Crippen LogP contribution in [-0.4, -0.2) is 37.6 Å². The predicted octanol–water partition coefficient (Wildman–Crippen LogP) is 3.91. The van der Waals surface area contributed by atoms with Crippen LogP contribution < -0.4 is 0 Å². The maximum absolute atomic E-state index is 13.7. The van der Waals surface area contributed by atoms with Crippen LogP contribution in [0.25, 0.3) is 0 Å². The van der Waals surface area contributed by atoms with Gasteiger partial charge in [0.15, 0.2) is 0 Å². The first-order valence-corrected chi connectivity index (χ1v) is 11.0. The molecular formula is C23H19ClN4O7. The second kappa shape index (κ2) is 9.26. The third kappa shape index (κ3) is 4.26. The van der Waals surface area contributed by atoms with Gasteiger partial charge in [0.25, 0.3) is 29.1 Å². The number of nitro groups is 2. The number of nitro benzene ring substituents is 2. The molecule has 1 aliphatic carbocycles. The van der Waals surface area contributed by atoms with Gasteiger partial charge in [0, 0.05) is 17.2 Å². The zero-order chi connectivity index (χ0) is 25.4. The Bertz CT molecular complexity index is 1290. The fourth-order valence-corrected chi connectivity index (χ4v) is 4.72. The summed E-state index contributed by atoms with van der Waals surface area (Å²) in [7, 11) is 0. The Kier molecular flexibility index (Phi) is 6.35. The Hall–Kier alpha value is -4.12. The monoisotopic (exact) mass is 498 g/mol. The molecule has 2 aromatic carbocycles. The Balaban J connectivity index is 1.84. The minimum Gasteiger partial charge on any atom is -0.272 e. The van der Waals surface area contributed by atoms with Crippen molar-refractivity contribution in [3.8, 4) is 0 Å². The largest absolute Gasteiger partial charge is 0.282 e. The zero-order valence-corrected chi connectivity index (χ0v) is 19.1. The molecule has 180 valence electrons. The fourth-order valence-electron chi connectivity index (χ4n) is 4.56. The lowest BCUT2D eigenvalue weighted by atomic mass is 9.78. The van der Waals surface area contributed by atoms with Crippen LogP contribution in [0.3, 0.4) is 0 Å². The topological polar surface area (TPSA) is 144 Å². The van der Waals surface area contributed by atoms with Gasteiger partial charge in [-0.25, -0.2) is 5.01 Å². The Morgan fingerprint density at radius 2 is 1.77 bits per heavy atom. The summed E-state index contributed by atoms with van der Waals surface area (Å²) in [5, 5.41) is 24.7. The van der Waals surface area contributed by atoms with E-state index in [0.29, 0.717) is 11.4 Å². The molecule has 3 amide bonds. The van der Waals surface area contributed by atoms with Gasteiger partial charge in [0.2, 0.25) is 0 Å². The quantitative estimate of drug-likeness (QED) is 0.254. The highest BCUT2D eigenvalue weighted by Gasteiger charge is 2.53. The van der Waals surface area contributed by atoms with E-state index in [2.05, 4.69) is 0 Å². The van der Waals surface area contributed by atoms with Gasteiger partial charge in [-0.15, -0.1) is 0 Å². The number of nitrogens with zero attached hydrogens (tertiary/aromatic N) is 4. The van der Waals surface area contributed by atoms with E-state index in [1.807, 2.05) is 6.08 Å². The van der Waals surface area contributed by atoms with Gasteiger partial charge in [-0.3, -0.25) is 34.6 Å². The average molecular weight is 499 g/mol. The maximum atomic E-state index is 13.7. The van der Waals surface area contributed by atoms with Gasteiger partial charge in [-0.2, -0.15) is 5.01 Å². The van der Waals surface area contributed by atoms with E-state index in [-0.39, 0.29) is 22.1 Å². The summed E-state index contributed by atoms with van der Waals surface area (Å²) in [4.78, 5) is 62.1. The highest BCUT2D eigenvalue weighted by atomic mass is 35.5. The van der Waals surface area contributed by atoms with Crippen molar-refractivity contribution in [2.45, 2.75) is 19.9 Å². The number of hydrogen-bond acceptors (Lipinski definition) is 7. The molecule has 0 aromatic heterocycles. The smallest absolute Gasteiger partial charge is 0.272 e. The van der Waals surface area contributed by atoms with Crippen molar-refractivity contribution in [3.05, 3.63) is 91.0 Å². The van der Waals surface area contributed by atoms with Crippen molar-refractivity contribution in [1.82, 2.24) is 10.0 Å². The van der Waals surface area contributed by atoms with Crippen LogP contribution >= 0.6 is 11.6 Å². The zero-order valence-electron chi connectivity index (χ0n) is 18.4. The van der Waals surface area contributed by atoms with Gasteiger partial charge >= 0.3 is 0 Å². The number of para-hydroxylation sites is 1. The molecule has 11 nitrogen and oxygen atoms in total. The molecule has 0 bridgehead atoms. The summed E-state index contributed by atoms with van der Waals surface area (Å²) < 4.78 is 0. The summed E-state index contributed by atoms with van der Waals surface area (Å²) in [6, 6.07) is 8.87. The minimum absolute atomic E-state index is 0.00650. The number of carbonyl (C=O) groups is 3. The van der Waals surface area contributed by atoms with E-state index in [9.17, 15) is 34.6 Å². The first-order valence-electron chi connectivity index (χ1n) is 10.6. The van der Waals surface area contributed by atoms with E-state index in [1.54, 1.807) is 13.0 Å². The van der Waals surface area contributed by atoms with Gasteiger partial charge in [-0.05, 0) is 30.5 Å². The fraction of sp³-hybridized carbons (Fsp3) is 0.261. The molecule has 1 saturated heterocycles. The molecule has 0 unspecified atom stereocenters. The molecule has 4 rings (SSSR count). The second-order valence-electron chi connectivity index (χ2n) is 8.31. The van der Waals surface area contributed by atoms with E-state index < -0.39 is 57.3 Å². The van der Waals surface area contributed by atoms with Crippen LogP contribution in [0.1, 0.15) is 29.3 Å². The van der Waals surface area contributed by atoms with Gasteiger partial charge in [-0.1, -0.05) is 42.8 Å². The number of amides is 3. The molecule has 12 heteroatoms. The molecule has 0 saturated carbocycles. The molecule has 0 spiro atoms. The number of carbonyl (C=O) groups excluding carboxylic acids is 3. The molecular weight excluding hydrogens is 480 g/mol. The third-order valence-corrected chi connectivity index (χ3v) is 6.46. The molecule has 35 heavy (non-hydrogen) atoms. The third-order valence-electron chi connectivity index (χ3n) is 6.22. The molecule has 1 fully saturated rings. The Labute approximate surface area is 203 Å². The van der Waals surface area contributed by atoms with Crippen molar-refractivity contribution in [2.75, 3.05) is 0 Å². The molecule has 3 atom stereocenters. The predicted molar refractivity (Wildman–Crippen MR) is 123 cm³/mol. The Morgan fingerprint density at radius 3 is 2.43 bits per heavy atom. The normalized spacial score (nSPS) is 21.1. The highest BCUT2D eigenvalue weighted by Crippen LogP contribution is 2.40. The minimum atomic E-state index is -1.01. The molecule has 0 radical (unpaired) electrons. The van der Waals surface area contributed by atoms with Crippen molar-refractivity contribution in [3.63, 3.8) is 0 Å². The van der Waals surface area contributed by atoms with Crippen LogP contribution in [0.4, 0.5) is 11.4 Å². The summed E-state index contributed by atoms with van der Waals surface area (Å²) in [5.74, 6) is -3.98. The SMILES string of the molecule is C[C@@H]1C=CC[C@@H]2C(=O)N(N(Cc3ccc(Cl)cc3[N+](=O)[O-])C(=O)c3ccccc3[N+](=O)[O-])C(=O)[C@H]12. The first-order chi connectivity index (χ1) is 16.6. The summed E-state index contributed by atoms with van der Waals surface area (Å²) in [5.41, 5.74) is -1.33. The van der Waals surface area contributed by atoms with E-state index in [4.69, 9.17) is 11.6 Å². The molecule has 1 aliphatic heterocycles. The van der Waals surface area contributed by atoms with Crippen molar-refractivity contribution in [1.29, 1.82) is 0 Å². The van der Waals surface area contributed by atoms with E-state index in [1.165, 1.54) is 30.3 Å². The Morgan fingerprint density at radius 1 is 1.09 bits per heavy atom. The summed E-state index contributed by atoms with van der Waals surface area (Å²) >= 11 is 5.90. The number of allylic oxidation sites excluding steroid dienone is 2. The van der Waals surface area contributed by atoms with Crippen LogP contribution in [0.2, 0.25) is 5.02 Å². The molecule has 1 heterocycles. The number of fused-ring (bicyclic) bond motifs is 1. The van der Waals surface area contributed by atoms with Gasteiger partial charge in [0.05, 0.1) is 33.8 Å². The van der Waals surface area contributed by atoms with Crippen molar-refractivity contribution in [2.24, 2.45) is 17.8 Å². The lowest BCUT2D eigenvalue weighted by Crippen LogP contribution is -2.50. The van der Waals surface area contributed by atoms with Crippen molar-refractivity contribution < 1.29 is 24.2 Å². The van der Waals surface area contributed by atoms with E-state index >= 15 is 0 Å². The first kappa shape index (κ1) is 24.0. The standard InChI is InChI=1S/C23H19ClN4O7/c1-13-5-4-7-17-20(13)23(31)26(22(17)30)25(12-14-9-10-15(24)11-19(14)28(34)35)21(29)16-6-2-3-8-18(16)27(32)33/h2-6,8-11,13,17,20H,7,12H2,1H3/t13-,17+,20-/m1/s1. The number of imide groups is 1. The van der Waals surface area contributed by atoms with Crippen LogP contribution in [0.15, 0.2) is 54.6 Å². The van der Waals surface area contributed by atoms with Crippen LogP contribution in [0.5, 0.6) is 0 Å². The number of hydrogen-bond donors (Lipinski definition) is 0. The van der Waals surface area contributed by atoms with Crippen LogP contribution in [0, 0.1) is 38.0 Å². The second-order valence-corrected chi connectivity index (χ2v) is 8.75. The molecule has 2 aromatic rings. The van der Waals surface area contributed by atoms with Gasteiger partial charge in [0.1, 0.15) is 5.56 Å². The lowest BCUT2D eigenvalue weighted by molar-refractivity contribution is -0.385. The highest BCUT2D eigenvalue weighted by molar-refractivity contribution is 6.30. The molecule has 2 aliphatic rings. The lowest BCUT2D eigenvalue weighted by Gasteiger charge is -2.30. The molecule has 0 N–H and O–H groups in total.